The third-order valence-electron chi connectivity index (χ3n) is 4.92. The Kier molecular flexibility index (Phi) is 4.64. The minimum absolute atomic E-state index is 0.190. The minimum Gasteiger partial charge on any atom is -0.369 e. The molecule has 0 unspecified atom stereocenters. The standard InChI is InChI=1S/C18H19ClFN3O2S/c19-15-4-2-6-17(18(15)20)26(24,25)23-11-13-3-1-5-16(14(13)12-23)22-9-7-21-8-10-22/h1-6,21H,7-12H2. The normalized spacial score (nSPS) is 18.2. The molecule has 2 aromatic rings. The number of halogens is 2. The molecule has 0 atom stereocenters. The zero-order valence-electron chi connectivity index (χ0n) is 14.1. The fourth-order valence-electron chi connectivity index (χ4n) is 3.57. The Morgan fingerprint density at radius 1 is 1.04 bits per heavy atom. The first-order valence-electron chi connectivity index (χ1n) is 8.49. The molecule has 8 heteroatoms. The molecule has 2 aliphatic heterocycles. The Balaban J connectivity index is 1.67. The van der Waals surface area contributed by atoms with Gasteiger partial charge in [0.15, 0.2) is 5.82 Å². The lowest BCUT2D eigenvalue weighted by atomic mass is 10.1. The van der Waals surface area contributed by atoms with Gasteiger partial charge in [-0.05, 0) is 29.3 Å². The van der Waals surface area contributed by atoms with E-state index in [1.54, 1.807) is 0 Å². The number of nitrogens with one attached hydrogen (secondary N) is 1. The molecule has 26 heavy (non-hydrogen) atoms. The summed E-state index contributed by atoms with van der Waals surface area (Å²) in [5.41, 5.74) is 3.03. The summed E-state index contributed by atoms with van der Waals surface area (Å²) in [5.74, 6) is -0.896. The van der Waals surface area contributed by atoms with Crippen molar-refractivity contribution >= 4 is 27.3 Å². The van der Waals surface area contributed by atoms with E-state index >= 15 is 0 Å². The van der Waals surface area contributed by atoms with E-state index in [0.717, 1.165) is 43.0 Å². The number of nitrogens with zero attached hydrogens (tertiary/aromatic N) is 2. The SMILES string of the molecule is O=S(=O)(c1cccc(Cl)c1F)N1Cc2cccc(N3CCNCC3)c2C1. The maximum Gasteiger partial charge on any atom is 0.246 e. The molecule has 2 aromatic carbocycles. The summed E-state index contributed by atoms with van der Waals surface area (Å²) in [7, 11) is -3.96. The molecule has 0 amide bonds. The molecular formula is C18H19ClFN3O2S. The molecule has 0 aliphatic carbocycles. The van der Waals surface area contributed by atoms with Crippen LogP contribution in [0.3, 0.4) is 0 Å². The Morgan fingerprint density at radius 2 is 1.77 bits per heavy atom. The molecule has 1 saturated heterocycles. The second-order valence-corrected chi connectivity index (χ2v) is 8.79. The maximum absolute atomic E-state index is 14.3. The number of piperazine rings is 1. The first-order valence-corrected chi connectivity index (χ1v) is 10.3. The summed E-state index contributed by atoms with van der Waals surface area (Å²) in [4.78, 5) is 1.90. The van der Waals surface area contributed by atoms with Crippen molar-refractivity contribution in [3.63, 3.8) is 0 Å². The number of rotatable bonds is 3. The van der Waals surface area contributed by atoms with E-state index in [1.165, 1.54) is 22.5 Å². The molecule has 2 heterocycles. The third kappa shape index (κ3) is 2.99. The van der Waals surface area contributed by atoms with Crippen molar-refractivity contribution in [2.24, 2.45) is 0 Å². The van der Waals surface area contributed by atoms with Crippen LogP contribution in [0, 0.1) is 5.82 Å². The molecule has 138 valence electrons. The second-order valence-electron chi connectivity index (χ2n) is 6.48. The number of sulfonamides is 1. The second kappa shape index (κ2) is 6.81. The molecular weight excluding hydrogens is 377 g/mol. The van der Waals surface area contributed by atoms with Gasteiger partial charge in [0.1, 0.15) is 4.90 Å². The van der Waals surface area contributed by atoms with Crippen LogP contribution in [0.4, 0.5) is 10.1 Å². The van der Waals surface area contributed by atoms with E-state index < -0.39 is 15.8 Å². The fraction of sp³-hybridized carbons (Fsp3) is 0.333. The first kappa shape index (κ1) is 17.7. The molecule has 0 radical (unpaired) electrons. The van der Waals surface area contributed by atoms with Gasteiger partial charge in [0.25, 0.3) is 0 Å². The van der Waals surface area contributed by atoms with Gasteiger partial charge in [0, 0.05) is 45.0 Å². The molecule has 0 aromatic heterocycles. The summed E-state index contributed by atoms with van der Waals surface area (Å²) in [6, 6.07) is 9.97. The lowest BCUT2D eigenvalue weighted by Crippen LogP contribution is -2.44. The Labute approximate surface area is 157 Å². The minimum atomic E-state index is -3.96. The zero-order chi connectivity index (χ0) is 18.3. The molecule has 0 spiro atoms. The zero-order valence-corrected chi connectivity index (χ0v) is 15.7. The van der Waals surface area contributed by atoms with Crippen molar-refractivity contribution in [2.45, 2.75) is 18.0 Å². The molecule has 5 nitrogen and oxygen atoms in total. The largest absolute Gasteiger partial charge is 0.369 e. The van der Waals surface area contributed by atoms with Gasteiger partial charge in [-0.1, -0.05) is 29.8 Å². The molecule has 0 bridgehead atoms. The van der Waals surface area contributed by atoms with Crippen LogP contribution in [0.2, 0.25) is 5.02 Å². The van der Waals surface area contributed by atoms with Crippen molar-refractivity contribution in [1.82, 2.24) is 9.62 Å². The highest BCUT2D eigenvalue weighted by Gasteiger charge is 2.34. The van der Waals surface area contributed by atoms with E-state index in [2.05, 4.69) is 10.2 Å². The average Bonchev–Trinajstić information content (AvgIpc) is 3.10. The van der Waals surface area contributed by atoms with Gasteiger partial charge >= 0.3 is 0 Å². The highest BCUT2D eigenvalue weighted by Crippen LogP contribution is 2.36. The number of hydrogen-bond donors (Lipinski definition) is 1. The first-order chi connectivity index (χ1) is 12.5. The number of hydrogen-bond acceptors (Lipinski definition) is 4. The van der Waals surface area contributed by atoms with Gasteiger partial charge in [-0.25, -0.2) is 12.8 Å². The van der Waals surface area contributed by atoms with Gasteiger partial charge in [-0.3, -0.25) is 0 Å². The fourth-order valence-corrected chi connectivity index (χ4v) is 5.27. The van der Waals surface area contributed by atoms with Crippen LogP contribution in [0.25, 0.3) is 0 Å². The predicted molar refractivity (Wildman–Crippen MR) is 99.4 cm³/mol. The lowest BCUT2D eigenvalue weighted by Gasteiger charge is -2.31. The highest BCUT2D eigenvalue weighted by atomic mass is 35.5. The monoisotopic (exact) mass is 395 g/mol. The van der Waals surface area contributed by atoms with Gasteiger partial charge in [0.05, 0.1) is 5.02 Å². The van der Waals surface area contributed by atoms with Crippen LogP contribution < -0.4 is 10.2 Å². The lowest BCUT2D eigenvalue weighted by molar-refractivity contribution is 0.426. The van der Waals surface area contributed by atoms with Crippen LogP contribution in [-0.2, 0) is 23.1 Å². The van der Waals surface area contributed by atoms with Crippen molar-refractivity contribution < 1.29 is 12.8 Å². The average molecular weight is 396 g/mol. The van der Waals surface area contributed by atoms with Crippen molar-refractivity contribution in [3.8, 4) is 0 Å². The van der Waals surface area contributed by atoms with E-state index in [0.29, 0.717) is 0 Å². The topological polar surface area (TPSA) is 52.7 Å². The number of benzene rings is 2. The van der Waals surface area contributed by atoms with Crippen LogP contribution in [0.15, 0.2) is 41.3 Å². The molecule has 1 N–H and O–H groups in total. The van der Waals surface area contributed by atoms with Gasteiger partial charge in [-0.2, -0.15) is 4.31 Å². The van der Waals surface area contributed by atoms with E-state index in [1.807, 2.05) is 18.2 Å². The molecule has 2 aliphatic rings. The smallest absolute Gasteiger partial charge is 0.246 e. The Morgan fingerprint density at radius 3 is 2.54 bits per heavy atom. The van der Waals surface area contributed by atoms with Crippen molar-refractivity contribution in [3.05, 3.63) is 58.4 Å². The molecule has 0 saturated carbocycles. The summed E-state index contributed by atoms with van der Waals surface area (Å²) >= 11 is 5.77. The molecule has 1 fully saturated rings. The number of anilines is 1. The Bertz CT molecular complexity index is 945. The summed E-state index contributed by atoms with van der Waals surface area (Å²) in [6.45, 7) is 4.05. The quantitative estimate of drug-likeness (QED) is 0.868. The van der Waals surface area contributed by atoms with Crippen LogP contribution >= 0.6 is 11.6 Å². The van der Waals surface area contributed by atoms with Crippen LogP contribution in [0.1, 0.15) is 11.1 Å². The maximum atomic E-state index is 14.3. The van der Waals surface area contributed by atoms with Gasteiger partial charge in [0.2, 0.25) is 10.0 Å². The summed E-state index contributed by atoms with van der Waals surface area (Å²) < 4.78 is 41.5. The van der Waals surface area contributed by atoms with E-state index in [4.69, 9.17) is 11.6 Å². The van der Waals surface area contributed by atoms with Crippen molar-refractivity contribution in [1.29, 1.82) is 0 Å². The van der Waals surface area contributed by atoms with Gasteiger partial charge < -0.3 is 10.2 Å². The molecule has 4 rings (SSSR count). The van der Waals surface area contributed by atoms with E-state index in [9.17, 15) is 12.8 Å². The highest BCUT2D eigenvalue weighted by molar-refractivity contribution is 7.89. The summed E-state index contributed by atoms with van der Waals surface area (Å²) in [6.07, 6.45) is 0. The van der Waals surface area contributed by atoms with E-state index in [-0.39, 0.29) is 23.0 Å². The van der Waals surface area contributed by atoms with Crippen LogP contribution in [-0.4, -0.2) is 38.9 Å². The van der Waals surface area contributed by atoms with Crippen LogP contribution in [0.5, 0.6) is 0 Å². The third-order valence-corrected chi connectivity index (χ3v) is 7.02. The number of fused-ring (bicyclic) bond motifs is 1. The Hall–Kier alpha value is -1.67. The predicted octanol–water partition coefficient (Wildman–Crippen LogP) is 2.59. The summed E-state index contributed by atoms with van der Waals surface area (Å²) in [5, 5.41) is 3.13. The van der Waals surface area contributed by atoms with Gasteiger partial charge in [-0.15, -0.1) is 0 Å². The van der Waals surface area contributed by atoms with Crippen molar-refractivity contribution in [2.75, 3.05) is 31.1 Å².